The number of rotatable bonds is 0. The molecule has 0 amide bonds. The Kier molecular flexibility index (Phi) is 1.01. The van der Waals surface area contributed by atoms with Crippen LogP contribution in [0, 0.1) is 0 Å². The van der Waals surface area contributed by atoms with E-state index >= 15 is 0 Å². The summed E-state index contributed by atoms with van der Waals surface area (Å²) in [5.41, 5.74) is 1.76. The number of nitrogens with one attached hydrogen (secondary N) is 1. The summed E-state index contributed by atoms with van der Waals surface area (Å²) in [5.74, 6) is 0.207. The van der Waals surface area contributed by atoms with Crippen LogP contribution in [0.5, 0.6) is 0 Å². The smallest absolute Gasteiger partial charge is 0.168 e. The Morgan fingerprint density at radius 3 is 3.20 bits per heavy atom. The van der Waals surface area contributed by atoms with Crippen molar-refractivity contribution in [3.8, 4) is 0 Å². The molecule has 1 N–H and O–H groups in total. The number of hydrogen-bond acceptors (Lipinski definition) is 1. The number of ketones is 1. The predicted molar refractivity (Wildman–Crippen MR) is 38.8 cm³/mol. The zero-order chi connectivity index (χ0) is 6.97. The molecule has 0 spiro atoms. The quantitative estimate of drug-likeness (QED) is 0.573. The Labute approximate surface area is 58.6 Å². The van der Waals surface area contributed by atoms with Crippen LogP contribution in [-0.2, 0) is 0 Å². The third-order valence-corrected chi connectivity index (χ3v) is 1.67. The summed E-state index contributed by atoms with van der Waals surface area (Å²) in [7, 11) is 0. The van der Waals surface area contributed by atoms with E-state index in [0.717, 1.165) is 11.3 Å². The van der Waals surface area contributed by atoms with E-state index in [2.05, 4.69) is 4.98 Å². The molecule has 2 nitrogen and oxygen atoms in total. The molecule has 1 aliphatic carbocycles. The van der Waals surface area contributed by atoms with E-state index in [1.54, 1.807) is 6.20 Å². The molecule has 1 aliphatic rings. The highest BCUT2D eigenvalue weighted by molar-refractivity contribution is 6.02. The minimum Gasteiger partial charge on any atom is -0.361 e. The van der Waals surface area contributed by atoms with Crippen molar-refractivity contribution in [2.24, 2.45) is 0 Å². The molecule has 2 rings (SSSR count). The standard InChI is InChI=1S/C8H7NO/c10-8-3-1-2-7-6(8)4-5-9-7/h1-2,4-5,9H,3H2. The lowest BCUT2D eigenvalue weighted by molar-refractivity contribution is 0.0994. The summed E-state index contributed by atoms with van der Waals surface area (Å²) in [4.78, 5) is 14.1. The van der Waals surface area contributed by atoms with Gasteiger partial charge in [0.1, 0.15) is 0 Å². The molecule has 2 heteroatoms. The lowest BCUT2D eigenvalue weighted by Gasteiger charge is -2.01. The lowest BCUT2D eigenvalue weighted by Crippen LogP contribution is -2.01. The van der Waals surface area contributed by atoms with Crippen molar-refractivity contribution in [2.45, 2.75) is 6.42 Å². The summed E-state index contributed by atoms with van der Waals surface area (Å²) in [6.45, 7) is 0. The zero-order valence-corrected chi connectivity index (χ0v) is 5.42. The van der Waals surface area contributed by atoms with Crippen molar-refractivity contribution in [2.75, 3.05) is 0 Å². The van der Waals surface area contributed by atoms with Crippen molar-refractivity contribution < 1.29 is 4.79 Å². The van der Waals surface area contributed by atoms with E-state index in [4.69, 9.17) is 0 Å². The maximum absolute atomic E-state index is 11.1. The molecule has 1 aromatic rings. The highest BCUT2D eigenvalue weighted by Crippen LogP contribution is 2.16. The van der Waals surface area contributed by atoms with Crippen LogP contribution in [0.25, 0.3) is 6.08 Å². The normalized spacial score (nSPS) is 15.4. The van der Waals surface area contributed by atoms with Gasteiger partial charge in [0.2, 0.25) is 0 Å². The summed E-state index contributed by atoms with van der Waals surface area (Å²) in [6, 6.07) is 1.82. The predicted octanol–water partition coefficient (Wildman–Crippen LogP) is 1.61. The molecule has 0 fully saturated rings. The number of H-pyrrole nitrogens is 1. The first kappa shape index (κ1) is 5.47. The second kappa shape index (κ2) is 1.84. The second-order valence-corrected chi connectivity index (χ2v) is 2.33. The number of allylic oxidation sites excluding steroid dienone is 1. The van der Waals surface area contributed by atoms with E-state index < -0.39 is 0 Å². The molecular weight excluding hydrogens is 126 g/mol. The van der Waals surface area contributed by atoms with Crippen LogP contribution < -0.4 is 0 Å². The maximum atomic E-state index is 11.1. The first-order valence-corrected chi connectivity index (χ1v) is 3.25. The maximum Gasteiger partial charge on any atom is 0.168 e. The zero-order valence-electron chi connectivity index (χ0n) is 5.42. The average molecular weight is 133 g/mol. The number of aromatic nitrogens is 1. The van der Waals surface area contributed by atoms with Gasteiger partial charge in [-0.25, -0.2) is 0 Å². The van der Waals surface area contributed by atoms with Crippen molar-refractivity contribution in [1.82, 2.24) is 4.98 Å². The molecule has 0 aromatic carbocycles. The van der Waals surface area contributed by atoms with E-state index in [1.165, 1.54) is 0 Å². The molecule has 50 valence electrons. The summed E-state index contributed by atoms with van der Waals surface area (Å²) >= 11 is 0. The van der Waals surface area contributed by atoms with Gasteiger partial charge in [0.25, 0.3) is 0 Å². The fourth-order valence-corrected chi connectivity index (χ4v) is 1.16. The molecule has 1 heterocycles. The van der Waals surface area contributed by atoms with Gasteiger partial charge in [0.05, 0.1) is 0 Å². The van der Waals surface area contributed by atoms with Gasteiger partial charge in [0, 0.05) is 23.9 Å². The number of aromatic amines is 1. The summed E-state index contributed by atoms with van der Waals surface area (Å²) < 4.78 is 0. The van der Waals surface area contributed by atoms with Gasteiger partial charge in [-0.3, -0.25) is 4.79 Å². The fraction of sp³-hybridized carbons (Fsp3) is 0.125. The fourth-order valence-electron chi connectivity index (χ4n) is 1.16. The van der Waals surface area contributed by atoms with Crippen LogP contribution in [0.15, 0.2) is 18.3 Å². The first-order valence-electron chi connectivity index (χ1n) is 3.25. The highest BCUT2D eigenvalue weighted by Gasteiger charge is 2.12. The van der Waals surface area contributed by atoms with Gasteiger partial charge < -0.3 is 4.98 Å². The topological polar surface area (TPSA) is 32.9 Å². The second-order valence-electron chi connectivity index (χ2n) is 2.33. The largest absolute Gasteiger partial charge is 0.361 e. The van der Waals surface area contributed by atoms with Crippen LogP contribution in [0.4, 0.5) is 0 Å². The minimum atomic E-state index is 0.207. The molecule has 0 saturated heterocycles. The molecule has 0 radical (unpaired) electrons. The number of fused-ring (bicyclic) bond motifs is 1. The van der Waals surface area contributed by atoms with Crippen molar-refractivity contribution >= 4 is 11.9 Å². The van der Waals surface area contributed by atoms with Crippen LogP contribution >= 0.6 is 0 Å². The van der Waals surface area contributed by atoms with E-state index in [9.17, 15) is 4.79 Å². The number of Topliss-reactive ketones (excluding diaryl/α,β-unsaturated/α-hetero) is 1. The number of hydrogen-bond donors (Lipinski definition) is 1. The lowest BCUT2D eigenvalue weighted by atomic mass is 10.0. The molecule has 0 unspecified atom stereocenters. The van der Waals surface area contributed by atoms with Gasteiger partial charge in [-0.1, -0.05) is 6.08 Å². The Hall–Kier alpha value is -1.31. The van der Waals surface area contributed by atoms with Gasteiger partial charge in [-0.15, -0.1) is 0 Å². The van der Waals surface area contributed by atoms with Crippen LogP contribution in [-0.4, -0.2) is 10.8 Å². The molecule has 0 bridgehead atoms. The Morgan fingerprint density at radius 1 is 1.50 bits per heavy atom. The van der Waals surface area contributed by atoms with Gasteiger partial charge in [-0.2, -0.15) is 0 Å². The Bertz CT molecular complexity index is 296. The minimum absolute atomic E-state index is 0.207. The van der Waals surface area contributed by atoms with Crippen LogP contribution in [0.3, 0.4) is 0 Å². The number of carbonyl (C=O) groups excluding carboxylic acids is 1. The average Bonchev–Trinajstić information content (AvgIpc) is 2.36. The third kappa shape index (κ3) is 0.620. The molecular formula is C8H7NO. The molecule has 10 heavy (non-hydrogen) atoms. The third-order valence-electron chi connectivity index (χ3n) is 1.67. The Morgan fingerprint density at radius 2 is 2.40 bits per heavy atom. The molecule has 0 saturated carbocycles. The van der Waals surface area contributed by atoms with Crippen molar-refractivity contribution in [3.63, 3.8) is 0 Å². The first-order chi connectivity index (χ1) is 4.88. The number of carbonyl (C=O) groups is 1. The van der Waals surface area contributed by atoms with Crippen molar-refractivity contribution in [3.05, 3.63) is 29.6 Å². The highest BCUT2D eigenvalue weighted by atomic mass is 16.1. The van der Waals surface area contributed by atoms with E-state index in [1.807, 2.05) is 18.2 Å². The monoisotopic (exact) mass is 133 g/mol. The SMILES string of the molecule is O=C1CC=Cc2[nH]ccc21. The molecule has 0 atom stereocenters. The Balaban J connectivity index is 2.62. The van der Waals surface area contributed by atoms with Crippen molar-refractivity contribution in [1.29, 1.82) is 0 Å². The van der Waals surface area contributed by atoms with E-state index in [0.29, 0.717) is 6.42 Å². The summed E-state index contributed by atoms with van der Waals surface area (Å²) in [5, 5.41) is 0. The molecule has 0 aliphatic heterocycles. The van der Waals surface area contributed by atoms with E-state index in [-0.39, 0.29) is 5.78 Å². The van der Waals surface area contributed by atoms with Crippen LogP contribution in [0.2, 0.25) is 0 Å². The molecule has 1 aromatic heterocycles. The summed E-state index contributed by atoms with van der Waals surface area (Å²) in [6.07, 6.45) is 6.15. The van der Waals surface area contributed by atoms with Gasteiger partial charge in [0.15, 0.2) is 5.78 Å². The van der Waals surface area contributed by atoms with Gasteiger partial charge in [-0.05, 0) is 12.1 Å². The van der Waals surface area contributed by atoms with Gasteiger partial charge >= 0.3 is 0 Å². The van der Waals surface area contributed by atoms with Crippen LogP contribution in [0.1, 0.15) is 22.5 Å².